The molecule has 1 fully saturated rings. The number of thioether (sulfide) groups is 1. The summed E-state index contributed by atoms with van der Waals surface area (Å²) in [6.07, 6.45) is 3.90. The molecular weight excluding hydrogens is 346 g/mol. The van der Waals surface area contributed by atoms with E-state index in [1.165, 1.54) is 17.3 Å². The minimum Gasteiger partial charge on any atom is -0.372 e. The number of ether oxygens (including phenoxy) is 1. The summed E-state index contributed by atoms with van der Waals surface area (Å²) in [4.78, 5) is 18.9. The van der Waals surface area contributed by atoms with Crippen molar-refractivity contribution in [1.82, 2.24) is 14.5 Å². The van der Waals surface area contributed by atoms with Gasteiger partial charge in [0, 0.05) is 31.2 Å². The molecule has 0 spiro atoms. The molecule has 0 unspecified atom stereocenters. The highest BCUT2D eigenvalue weighted by molar-refractivity contribution is 7.99. The largest absolute Gasteiger partial charge is 0.372 e. The van der Waals surface area contributed by atoms with Gasteiger partial charge >= 0.3 is 0 Å². The monoisotopic (exact) mass is 373 g/mol. The Morgan fingerprint density at radius 2 is 1.88 bits per heavy atom. The Bertz CT molecular complexity index is 732. The first kappa shape index (κ1) is 19.0. The minimum atomic E-state index is 0.0918. The second kappa shape index (κ2) is 8.27. The highest BCUT2D eigenvalue weighted by Gasteiger charge is 2.26. The summed E-state index contributed by atoms with van der Waals surface area (Å²) in [5.74, 6) is 1.04. The topological polar surface area (TPSA) is 47.4 Å². The number of benzene rings is 1. The molecule has 6 heteroatoms. The summed E-state index contributed by atoms with van der Waals surface area (Å²) in [7, 11) is 0. The second-order valence-corrected chi connectivity index (χ2v) is 8.11. The lowest BCUT2D eigenvalue weighted by molar-refractivity contribution is -0.140. The van der Waals surface area contributed by atoms with Crippen LogP contribution in [0.15, 0.2) is 41.8 Å². The molecule has 2 aromatic rings. The van der Waals surface area contributed by atoms with E-state index in [-0.39, 0.29) is 18.1 Å². The molecule has 1 aliphatic heterocycles. The highest BCUT2D eigenvalue weighted by Crippen LogP contribution is 2.23. The summed E-state index contributed by atoms with van der Waals surface area (Å²) in [6.45, 7) is 9.72. The molecule has 26 heavy (non-hydrogen) atoms. The Hall–Kier alpha value is -1.79. The van der Waals surface area contributed by atoms with Crippen LogP contribution < -0.4 is 0 Å². The van der Waals surface area contributed by atoms with Gasteiger partial charge in [0.15, 0.2) is 5.16 Å². The van der Waals surface area contributed by atoms with E-state index < -0.39 is 0 Å². The van der Waals surface area contributed by atoms with Crippen LogP contribution in [0.2, 0.25) is 0 Å². The van der Waals surface area contributed by atoms with E-state index in [0.29, 0.717) is 24.8 Å². The lowest BCUT2D eigenvalue weighted by Gasteiger charge is -2.35. The van der Waals surface area contributed by atoms with Crippen LogP contribution in [0.25, 0.3) is 5.69 Å². The van der Waals surface area contributed by atoms with E-state index in [1.54, 1.807) is 6.20 Å². The second-order valence-electron chi connectivity index (χ2n) is 7.17. The van der Waals surface area contributed by atoms with Crippen LogP contribution in [0, 0.1) is 0 Å². The molecule has 140 valence electrons. The van der Waals surface area contributed by atoms with Gasteiger partial charge in [0.1, 0.15) is 0 Å². The van der Waals surface area contributed by atoms with E-state index in [0.717, 1.165) is 10.8 Å². The van der Waals surface area contributed by atoms with Crippen molar-refractivity contribution in [3.8, 4) is 5.69 Å². The van der Waals surface area contributed by atoms with Gasteiger partial charge in [-0.15, -0.1) is 0 Å². The van der Waals surface area contributed by atoms with Crippen molar-refractivity contribution in [2.75, 3.05) is 18.8 Å². The molecule has 0 aliphatic carbocycles. The van der Waals surface area contributed by atoms with Gasteiger partial charge < -0.3 is 9.64 Å². The predicted molar refractivity (Wildman–Crippen MR) is 105 cm³/mol. The maximum absolute atomic E-state index is 12.6. The SMILES string of the molecule is CC(C)c1ccc(-n2ccnc2SCC(=O)N2C[C@@H](C)O[C@H](C)C2)cc1. The molecule has 1 aromatic heterocycles. The Morgan fingerprint density at radius 1 is 1.23 bits per heavy atom. The lowest BCUT2D eigenvalue weighted by atomic mass is 10.0. The average molecular weight is 374 g/mol. The third kappa shape index (κ3) is 4.48. The maximum atomic E-state index is 12.6. The number of carbonyl (C=O) groups is 1. The van der Waals surface area contributed by atoms with Gasteiger partial charge in [-0.2, -0.15) is 0 Å². The zero-order chi connectivity index (χ0) is 18.7. The molecule has 5 nitrogen and oxygen atoms in total. The molecule has 1 amide bonds. The Balaban J connectivity index is 1.64. The van der Waals surface area contributed by atoms with Gasteiger partial charge in [0.05, 0.1) is 18.0 Å². The van der Waals surface area contributed by atoms with Crippen LogP contribution in [0.4, 0.5) is 0 Å². The van der Waals surface area contributed by atoms with Crippen LogP contribution in [0.3, 0.4) is 0 Å². The summed E-state index contributed by atoms with van der Waals surface area (Å²) in [5.41, 5.74) is 2.38. The van der Waals surface area contributed by atoms with Gasteiger partial charge in [-0.1, -0.05) is 37.7 Å². The van der Waals surface area contributed by atoms with Crippen molar-refractivity contribution in [3.05, 3.63) is 42.2 Å². The van der Waals surface area contributed by atoms with Crippen molar-refractivity contribution in [2.45, 2.75) is 51.0 Å². The van der Waals surface area contributed by atoms with E-state index in [9.17, 15) is 4.79 Å². The van der Waals surface area contributed by atoms with Gasteiger partial charge in [-0.25, -0.2) is 4.98 Å². The van der Waals surface area contributed by atoms with E-state index in [2.05, 4.69) is 43.1 Å². The first-order valence-corrected chi connectivity index (χ1v) is 10.1. The molecule has 2 heterocycles. The standard InChI is InChI=1S/C20H27N3O2S/c1-14(2)17-5-7-18(8-6-17)23-10-9-21-20(23)26-13-19(24)22-11-15(3)25-16(4)12-22/h5-10,14-16H,11-13H2,1-4H3/t15-,16-/m1/s1. The third-order valence-electron chi connectivity index (χ3n) is 4.54. The van der Waals surface area contributed by atoms with Crippen molar-refractivity contribution < 1.29 is 9.53 Å². The molecule has 1 aliphatic rings. The Morgan fingerprint density at radius 3 is 2.50 bits per heavy atom. The number of morpholine rings is 1. The average Bonchev–Trinajstić information content (AvgIpc) is 3.07. The number of amides is 1. The zero-order valence-corrected chi connectivity index (χ0v) is 16.7. The first-order chi connectivity index (χ1) is 12.4. The molecule has 2 atom stereocenters. The number of aromatic nitrogens is 2. The molecule has 3 rings (SSSR count). The van der Waals surface area contributed by atoms with Crippen LogP contribution in [-0.4, -0.2) is 51.4 Å². The molecule has 1 saturated heterocycles. The van der Waals surface area contributed by atoms with Gasteiger partial charge in [0.25, 0.3) is 0 Å². The number of imidazole rings is 1. The zero-order valence-electron chi connectivity index (χ0n) is 15.9. The fourth-order valence-corrected chi connectivity index (χ4v) is 4.09. The third-order valence-corrected chi connectivity index (χ3v) is 5.49. The van der Waals surface area contributed by atoms with Crippen molar-refractivity contribution in [3.63, 3.8) is 0 Å². The number of rotatable bonds is 5. The number of hydrogen-bond donors (Lipinski definition) is 0. The van der Waals surface area contributed by atoms with Crippen LogP contribution >= 0.6 is 11.8 Å². The molecule has 1 aromatic carbocycles. The van der Waals surface area contributed by atoms with Crippen LogP contribution in [0.5, 0.6) is 0 Å². The molecular formula is C20H27N3O2S. The molecule has 0 radical (unpaired) electrons. The van der Waals surface area contributed by atoms with E-state index in [4.69, 9.17) is 4.74 Å². The van der Waals surface area contributed by atoms with Gasteiger partial charge in [0.2, 0.25) is 5.91 Å². The molecule has 0 saturated carbocycles. The Kier molecular flexibility index (Phi) is 6.04. The minimum absolute atomic E-state index is 0.0918. The number of carbonyl (C=O) groups excluding carboxylic acids is 1. The Labute approximate surface area is 159 Å². The smallest absolute Gasteiger partial charge is 0.233 e. The van der Waals surface area contributed by atoms with Crippen molar-refractivity contribution in [1.29, 1.82) is 0 Å². The quantitative estimate of drug-likeness (QED) is 0.750. The number of nitrogens with zero attached hydrogens (tertiary/aromatic N) is 3. The fourth-order valence-electron chi connectivity index (χ4n) is 3.21. The van der Waals surface area contributed by atoms with Crippen LogP contribution in [0.1, 0.15) is 39.2 Å². The van der Waals surface area contributed by atoms with Crippen LogP contribution in [-0.2, 0) is 9.53 Å². The summed E-state index contributed by atoms with van der Waals surface area (Å²) in [5, 5.41) is 0.838. The van der Waals surface area contributed by atoms with Gasteiger partial charge in [-0.05, 0) is 37.5 Å². The first-order valence-electron chi connectivity index (χ1n) is 9.13. The number of hydrogen-bond acceptors (Lipinski definition) is 4. The summed E-state index contributed by atoms with van der Waals surface area (Å²) >= 11 is 1.48. The lowest BCUT2D eigenvalue weighted by Crippen LogP contribution is -2.48. The fraction of sp³-hybridized carbons (Fsp3) is 0.500. The normalized spacial score (nSPS) is 20.6. The van der Waals surface area contributed by atoms with Gasteiger partial charge in [-0.3, -0.25) is 9.36 Å². The van der Waals surface area contributed by atoms with Crippen molar-refractivity contribution in [2.24, 2.45) is 0 Å². The molecule has 0 bridgehead atoms. The molecule has 0 N–H and O–H groups in total. The predicted octanol–water partition coefficient (Wildman–Crippen LogP) is 3.72. The summed E-state index contributed by atoms with van der Waals surface area (Å²) in [6, 6.07) is 8.51. The maximum Gasteiger partial charge on any atom is 0.233 e. The highest BCUT2D eigenvalue weighted by atomic mass is 32.2. The van der Waals surface area contributed by atoms with Crippen molar-refractivity contribution >= 4 is 17.7 Å². The van der Waals surface area contributed by atoms with E-state index in [1.807, 2.05) is 29.5 Å². The van der Waals surface area contributed by atoms with E-state index >= 15 is 0 Å². The summed E-state index contributed by atoms with van der Waals surface area (Å²) < 4.78 is 7.74.